The molecule has 1 aliphatic heterocycles. The number of nitrogens with zero attached hydrogens (tertiary/aromatic N) is 3. The van der Waals surface area contributed by atoms with Crippen LogP contribution in [0.2, 0.25) is 0 Å². The molecule has 144 valence electrons. The molecular weight excluding hydrogens is 341 g/mol. The van der Waals surface area contributed by atoms with Crippen molar-refractivity contribution in [1.29, 1.82) is 0 Å². The van der Waals surface area contributed by atoms with E-state index in [2.05, 4.69) is 4.90 Å². The van der Waals surface area contributed by atoms with Crippen molar-refractivity contribution in [2.75, 3.05) is 32.7 Å². The van der Waals surface area contributed by atoms with Gasteiger partial charge in [0.2, 0.25) is 5.91 Å². The quantitative estimate of drug-likeness (QED) is 0.774. The van der Waals surface area contributed by atoms with Gasteiger partial charge < -0.3 is 4.90 Å². The number of carbonyl (C=O) groups is 1. The first-order valence-electron chi connectivity index (χ1n) is 9.84. The van der Waals surface area contributed by atoms with Gasteiger partial charge in [-0.05, 0) is 57.5 Å². The fourth-order valence-corrected chi connectivity index (χ4v) is 3.81. The summed E-state index contributed by atoms with van der Waals surface area (Å²) in [6, 6.07) is 12.6. The number of halogens is 1. The number of carbonyl (C=O) groups excluding carboxylic acids is 1. The second kappa shape index (κ2) is 9.09. The van der Waals surface area contributed by atoms with Crippen LogP contribution in [-0.4, -0.2) is 53.4 Å². The molecular formula is C22H28FN3O. The lowest BCUT2D eigenvalue weighted by Crippen LogP contribution is -2.43. The fourth-order valence-electron chi connectivity index (χ4n) is 3.81. The first-order chi connectivity index (χ1) is 13.1. The molecule has 0 spiro atoms. The van der Waals surface area contributed by atoms with Crippen molar-refractivity contribution in [2.24, 2.45) is 0 Å². The molecule has 1 aromatic carbocycles. The minimum absolute atomic E-state index is 0.189. The highest BCUT2D eigenvalue weighted by atomic mass is 19.1. The van der Waals surface area contributed by atoms with Crippen molar-refractivity contribution in [1.82, 2.24) is 14.8 Å². The molecule has 0 aliphatic carbocycles. The smallest absolute Gasteiger partial charge is 0.236 e. The molecule has 0 radical (unpaired) electrons. The Morgan fingerprint density at radius 1 is 1.19 bits per heavy atom. The van der Waals surface area contributed by atoms with Gasteiger partial charge in [0.1, 0.15) is 5.82 Å². The van der Waals surface area contributed by atoms with Crippen LogP contribution in [0.3, 0.4) is 0 Å². The van der Waals surface area contributed by atoms with E-state index in [0.717, 1.165) is 44.7 Å². The first-order valence-corrected chi connectivity index (χ1v) is 9.84. The SMILES string of the molecule is CCN(CC)C(=O)CN1CCC[C@@H](c2cccc(-c3ccccc3F)n2)C1. The molecule has 0 unspecified atom stereocenters. The predicted octanol–water partition coefficient (Wildman–Crippen LogP) is 3.94. The highest BCUT2D eigenvalue weighted by Crippen LogP contribution is 2.28. The third kappa shape index (κ3) is 4.72. The Morgan fingerprint density at radius 3 is 2.70 bits per heavy atom. The number of likely N-dealkylation sites (tertiary alicyclic amines) is 1. The highest BCUT2D eigenvalue weighted by molar-refractivity contribution is 5.78. The molecule has 0 bridgehead atoms. The average Bonchev–Trinajstić information content (AvgIpc) is 2.69. The van der Waals surface area contributed by atoms with Crippen LogP contribution in [-0.2, 0) is 4.79 Å². The minimum Gasteiger partial charge on any atom is -0.342 e. The van der Waals surface area contributed by atoms with Gasteiger partial charge in [0.25, 0.3) is 0 Å². The van der Waals surface area contributed by atoms with Gasteiger partial charge in [-0.15, -0.1) is 0 Å². The summed E-state index contributed by atoms with van der Waals surface area (Å²) in [7, 11) is 0. The first kappa shape index (κ1) is 19.5. The normalized spacial score (nSPS) is 17.7. The molecule has 1 atom stereocenters. The Hall–Kier alpha value is -2.27. The Labute approximate surface area is 161 Å². The van der Waals surface area contributed by atoms with Gasteiger partial charge >= 0.3 is 0 Å². The van der Waals surface area contributed by atoms with Gasteiger partial charge in [-0.3, -0.25) is 14.7 Å². The van der Waals surface area contributed by atoms with Crippen LogP contribution >= 0.6 is 0 Å². The maximum Gasteiger partial charge on any atom is 0.236 e. The van der Waals surface area contributed by atoms with Crippen molar-refractivity contribution in [3.8, 4) is 11.3 Å². The molecule has 4 nitrogen and oxygen atoms in total. The summed E-state index contributed by atoms with van der Waals surface area (Å²) in [5.41, 5.74) is 2.18. The van der Waals surface area contributed by atoms with E-state index in [0.29, 0.717) is 17.8 Å². The number of rotatable bonds is 6. The van der Waals surface area contributed by atoms with Crippen molar-refractivity contribution in [3.63, 3.8) is 0 Å². The van der Waals surface area contributed by atoms with Crippen LogP contribution in [0.1, 0.15) is 38.3 Å². The van der Waals surface area contributed by atoms with E-state index in [1.54, 1.807) is 12.1 Å². The number of likely N-dealkylation sites (N-methyl/N-ethyl adjacent to an activating group) is 1. The van der Waals surface area contributed by atoms with E-state index in [9.17, 15) is 9.18 Å². The second-order valence-corrected chi connectivity index (χ2v) is 7.07. The molecule has 1 aromatic heterocycles. The average molecular weight is 369 g/mol. The number of amides is 1. The molecule has 27 heavy (non-hydrogen) atoms. The summed E-state index contributed by atoms with van der Waals surface area (Å²) < 4.78 is 14.1. The van der Waals surface area contributed by atoms with Gasteiger partial charge in [0.05, 0.1) is 12.2 Å². The van der Waals surface area contributed by atoms with Gasteiger partial charge in [-0.2, -0.15) is 0 Å². The van der Waals surface area contributed by atoms with Crippen LogP contribution in [0.5, 0.6) is 0 Å². The molecule has 0 saturated carbocycles. The largest absolute Gasteiger partial charge is 0.342 e. The zero-order valence-electron chi connectivity index (χ0n) is 16.2. The molecule has 1 aliphatic rings. The molecule has 0 N–H and O–H groups in total. The molecule has 2 heterocycles. The third-order valence-electron chi connectivity index (χ3n) is 5.32. The van der Waals surface area contributed by atoms with Gasteiger partial charge in [-0.25, -0.2) is 4.39 Å². The van der Waals surface area contributed by atoms with Crippen LogP contribution in [0, 0.1) is 5.82 Å². The third-order valence-corrected chi connectivity index (χ3v) is 5.32. The summed E-state index contributed by atoms with van der Waals surface area (Å²) in [6.07, 6.45) is 2.09. The predicted molar refractivity (Wildman–Crippen MR) is 106 cm³/mol. The van der Waals surface area contributed by atoms with Crippen LogP contribution < -0.4 is 0 Å². The lowest BCUT2D eigenvalue weighted by atomic mass is 9.93. The Balaban J connectivity index is 1.72. The van der Waals surface area contributed by atoms with Crippen molar-refractivity contribution in [3.05, 3.63) is 54.0 Å². The maximum absolute atomic E-state index is 14.1. The van der Waals surface area contributed by atoms with Gasteiger partial charge in [0.15, 0.2) is 0 Å². The molecule has 1 fully saturated rings. The number of pyridine rings is 1. The van der Waals surface area contributed by atoms with E-state index in [-0.39, 0.29) is 17.6 Å². The lowest BCUT2D eigenvalue weighted by molar-refractivity contribution is -0.132. The van der Waals surface area contributed by atoms with E-state index in [1.165, 1.54) is 6.07 Å². The summed E-state index contributed by atoms with van der Waals surface area (Å²) in [5.74, 6) is 0.209. The Bertz CT molecular complexity index is 776. The number of aromatic nitrogens is 1. The van der Waals surface area contributed by atoms with Crippen LogP contribution in [0.25, 0.3) is 11.3 Å². The summed E-state index contributed by atoms with van der Waals surface area (Å²) in [6.45, 7) is 7.75. The van der Waals surface area contributed by atoms with Crippen molar-refractivity contribution in [2.45, 2.75) is 32.6 Å². The Kier molecular flexibility index (Phi) is 6.56. The van der Waals surface area contributed by atoms with E-state index in [4.69, 9.17) is 4.98 Å². The molecule has 5 heteroatoms. The van der Waals surface area contributed by atoms with E-state index < -0.39 is 0 Å². The van der Waals surface area contributed by atoms with E-state index in [1.807, 2.05) is 43.0 Å². The van der Waals surface area contributed by atoms with Crippen molar-refractivity contribution >= 4 is 5.91 Å². The monoisotopic (exact) mass is 369 g/mol. The number of piperidine rings is 1. The fraction of sp³-hybridized carbons (Fsp3) is 0.455. The highest BCUT2D eigenvalue weighted by Gasteiger charge is 2.25. The zero-order valence-corrected chi connectivity index (χ0v) is 16.2. The van der Waals surface area contributed by atoms with Crippen molar-refractivity contribution < 1.29 is 9.18 Å². The second-order valence-electron chi connectivity index (χ2n) is 7.07. The topological polar surface area (TPSA) is 36.4 Å². The number of hydrogen-bond donors (Lipinski definition) is 0. The summed E-state index contributed by atoms with van der Waals surface area (Å²) >= 11 is 0. The lowest BCUT2D eigenvalue weighted by Gasteiger charge is -2.33. The molecule has 3 rings (SSSR count). The van der Waals surface area contributed by atoms with Gasteiger partial charge in [-0.1, -0.05) is 18.2 Å². The number of benzene rings is 1. The minimum atomic E-state index is -0.253. The van der Waals surface area contributed by atoms with Crippen LogP contribution in [0.15, 0.2) is 42.5 Å². The van der Waals surface area contributed by atoms with Gasteiger partial charge in [0, 0.05) is 36.8 Å². The maximum atomic E-state index is 14.1. The van der Waals surface area contributed by atoms with E-state index >= 15 is 0 Å². The molecule has 1 saturated heterocycles. The summed E-state index contributed by atoms with van der Waals surface area (Å²) in [4.78, 5) is 21.3. The zero-order chi connectivity index (χ0) is 19.2. The Morgan fingerprint density at radius 2 is 1.96 bits per heavy atom. The summed E-state index contributed by atoms with van der Waals surface area (Å²) in [5, 5.41) is 0. The molecule has 1 amide bonds. The standard InChI is InChI=1S/C22H28FN3O/c1-3-26(4-2)22(27)16-25-14-8-9-17(15-25)20-12-7-13-21(24-20)18-10-5-6-11-19(18)23/h5-7,10-13,17H,3-4,8-9,14-16H2,1-2H3/t17-/m1/s1. The molecule has 2 aromatic rings. The van der Waals surface area contributed by atoms with Crippen LogP contribution in [0.4, 0.5) is 4.39 Å². The number of hydrogen-bond acceptors (Lipinski definition) is 3.